The van der Waals surface area contributed by atoms with Gasteiger partial charge in [-0.1, -0.05) is 18.2 Å². The van der Waals surface area contributed by atoms with Crippen LogP contribution in [0.4, 0.5) is 5.69 Å². The molecule has 2 heterocycles. The lowest BCUT2D eigenvalue weighted by molar-refractivity contribution is -0.115. The van der Waals surface area contributed by atoms with Crippen LogP contribution in [0.25, 0.3) is 0 Å². The number of rotatable bonds is 5. The molecule has 1 aliphatic heterocycles. The molecule has 0 aliphatic carbocycles. The quantitative estimate of drug-likeness (QED) is 0.763. The number of nitrogens with one attached hydrogen (secondary N) is 3. The smallest absolute Gasteiger partial charge is 0.272 e. The number of para-hydroxylation sites is 1. The zero-order valence-corrected chi connectivity index (χ0v) is 15.2. The van der Waals surface area contributed by atoms with E-state index in [-0.39, 0.29) is 24.4 Å². The topological polar surface area (TPSA) is 88.0 Å². The minimum Gasteiger partial charge on any atom is -0.342 e. The van der Waals surface area contributed by atoms with E-state index in [2.05, 4.69) is 21.0 Å². The number of anilines is 1. The van der Waals surface area contributed by atoms with Crippen LogP contribution in [0.5, 0.6) is 0 Å². The van der Waals surface area contributed by atoms with Gasteiger partial charge in [0.1, 0.15) is 5.69 Å². The Hall–Kier alpha value is -2.67. The van der Waals surface area contributed by atoms with Gasteiger partial charge in [0.05, 0.1) is 12.6 Å². The molecule has 1 aromatic carbocycles. The molecule has 1 aliphatic rings. The summed E-state index contributed by atoms with van der Waals surface area (Å²) < 4.78 is 1.83. The lowest BCUT2D eigenvalue weighted by atomic mass is 10.1. The number of hydrogen-bond acceptors (Lipinski definition) is 4. The van der Waals surface area contributed by atoms with Crippen molar-refractivity contribution in [3.8, 4) is 0 Å². The highest BCUT2D eigenvalue weighted by Crippen LogP contribution is 2.19. The normalized spacial score (nSPS) is 16.9. The fraction of sp³-hybridized carbons (Fsp3) is 0.421. The molecule has 7 heteroatoms. The molecule has 1 atom stereocenters. The van der Waals surface area contributed by atoms with Crippen molar-refractivity contribution in [2.45, 2.75) is 32.7 Å². The van der Waals surface area contributed by atoms with Crippen molar-refractivity contribution in [2.24, 2.45) is 0 Å². The zero-order valence-electron chi connectivity index (χ0n) is 15.2. The summed E-state index contributed by atoms with van der Waals surface area (Å²) in [6.45, 7) is 5.67. The van der Waals surface area contributed by atoms with Crippen LogP contribution in [0.1, 0.15) is 40.5 Å². The van der Waals surface area contributed by atoms with Gasteiger partial charge in [-0.3, -0.25) is 14.3 Å². The van der Waals surface area contributed by atoms with Crippen LogP contribution in [-0.2, 0) is 4.79 Å². The zero-order chi connectivity index (χ0) is 18.5. The van der Waals surface area contributed by atoms with Crippen molar-refractivity contribution in [1.82, 2.24) is 20.4 Å². The van der Waals surface area contributed by atoms with Crippen molar-refractivity contribution in [1.29, 1.82) is 0 Å². The Kier molecular flexibility index (Phi) is 5.68. The van der Waals surface area contributed by atoms with Gasteiger partial charge in [0.15, 0.2) is 0 Å². The summed E-state index contributed by atoms with van der Waals surface area (Å²) >= 11 is 0. The molecule has 138 valence electrons. The van der Waals surface area contributed by atoms with Crippen LogP contribution >= 0.6 is 0 Å². The van der Waals surface area contributed by atoms with Crippen LogP contribution in [-0.4, -0.2) is 41.2 Å². The molecule has 3 rings (SSSR count). The summed E-state index contributed by atoms with van der Waals surface area (Å²) in [5.74, 6) is -0.601. The maximum absolute atomic E-state index is 12.2. The first-order valence-corrected chi connectivity index (χ1v) is 8.94. The Bertz CT molecular complexity index is 773. The monoisotopic (exact) mass is 355 g/mol. The minimum absolute atomic E-state index is 0.0928. The summed E-state index contributed by atoms with van der Waals surface area (Å²) in [6.07, 6.45) is 3.97. The van der Waals surface area contributed by atoms with Crippen molar-refractivity contribution in [3.05, 3.63) is 47.3 Å². The van der Waals surface area contributed by atoms with Crippen LogP contribution in [0, 0.1) is 13.8 Å². The number of carbonyl (C=O) groups excluding carboxylic acids is 2. The highest BCUT2D eigenvalue weighted by Gasteiger charge is 2.18. The van der Waals surface area contributed by atoms with Crippen molar-refractivity contribution in [3.63, 3.8) is 0 Å². The predicted molar refractivity (Wildman–Crippen MR) is 100 cm³/mol. The van der Waals surface area contributed by atoms with E-state index in [0.717, 1.165) is 42.7 Å². The van der Waals surface area contributed by atoms with Gasteiger partial charge in [-0.15, -0.1) is 0 Å². The largest absolute Gasteiger partial charge is 0.342 e. The molecular formula is C19H25N5O2. The molecule has 2 amide bonds. The fourth-order valence-corrected chi connectivity index (χ4v) is 3.17. The van der Waals surface area contributed by atoms with Crippen LogP contribution in [0.2, 0.25) is 0 Å². The highest BCUT2D eigenvalue weighted by molar-refractivity contribution is 5.98. The Labute approximate surface area is 153 Å². The van der Waals surface area contributed by atoms with Gasteiger partial charge >= 0.3 is 0 Å². The summed E-state index contributed by atoms with van der Waals surface area (Å²) in [5, 5.41) is 13.2. The van der Waals surface area contributed by atoms with E-state index in [4.69, 9.17) is 0 Å². The van der Waals surface area contributed by atoms with Crippen molar-refractivity contribution < 1.29 is 9.59 Å². The number of aryl methyl sites for hydroxylation is 2. The Morgan fingerprint density at radius 3 is 2.73 bits per heavy atom. The lowest BCUT2D eigenvalue weighted by Gasteiger charge is -2.22. The van der Waals surface area contributed by atoms with Crippen LogP contribution in [0.15, 0.2) is 30.5 Å². The van der Waals surface area contributed by atoms with Crippen molar-refractivity contribution in [2.75, 3.05) is 25.0 Å². The number of carbonyl (C=O) groups is 2. The van der Waals surface area contributed by atoms with E-state index in [9.17, 15) is 9.59 Å². The average Bonchev–Trinajstić information content (AvgIpc) is 3.14. The molecule has 1 unspecified atom stereocenters. The number of hydrogen-bond donors (Lipinski definition) is 3. The lowest BCUT2D eigenvalue weighted by Crippen LogP contribution is -2.34. The maximum Gasteiger partial charge on any atom is 0.272 e. The molecule has 3 N–H and O–H groups in total. The van der Waals surface area contributed by atoms with Crippen molar-refractivity contribution >= 4 is 17.5 Å². The summed E-state index contributed by atoms with van der Waals surface area (Å²) in [4.78, 5) is 24.4. The first-order valence-electron chi connectivity index (χ1n) is 8.94. The van der Waals surface area contributed by atoms with Gasteiger partial charge in [-0.05, 0) is 50.4 Å². The summed E-state index contributed by atoms with van der Waals surface area (Å²) in [5.41, 5.74) is 3.10. The van der Waals surface area contributed by atoms with Gasteiger partial charge < -0.3 is 16.0 Å². The fourth-order valence-electron chi connectivity index (χ4n) is 3.17. The SMILES string of the molecule is Cc1cccc(C)c1NC(=O)CNC(=O)c1ccn(C2CCCNC2)n1. The van der Waals surface area contributed by atoms with E-state index in [1.807, 2.05) is 42.9 Å². The molecule has 0 radical (unpaired) electrons. The number of aromatic nitrogens is 2. The van der Waals surface area contributed by atoms with Crippen LogP contribution in [0.3, 0.4) is 0 Å². The third kappa shape index (κ3) is 4.29. The summed E-state index contributed by atoms with van der Waals surface area (Å²) in [6, 6.07) is 7.79. The second-order valence-corrected chi connectivity index (χ2v) is 6.68. The average molecular weight is 355 g/mol. The molecular weight excluding hydrogens is 330 g/mol. The number of benzene rings is 1. The third-order valence-electron chi connectivity index (χ3n) is 4.64. The molecule has 26 heavy (non-hydrogen) atoms. The van der Waals surface area contributed by atoms with E-state index in [1.54, 1.807) is 6.07 Å². The van der Waals surface area contributed by atoms with Crippen LogP contribution < -0.4 is 16.0 Å². The second-order valence-electron chi connectivity index (χ2n) is 6.68. The van der Waals surface area contributed by atoms with Gasteiger partial charge in [0, 0.05) is 18.4 Å². The third-order valence-corrected chi connectivity index (χ3v) is 4.64. The minimum atomic E-state index is -0.343. The van der Waals surface area contributed by atoms with Gasteiger partial charge in [0.25, 0.3) is 5.91 Å². The molecule has 7 nitrogen and oxygen atoms in total. The molecule has 1 aromatic heterocycles. The van der Waals surface area contributed by atoms with E-state index < -0.39 is 0 Å². The number of amides is 2. The molecule has 0 saturated carbocycles. The molecule has 0 spiro atoms. The second kappa shape index (κ2) is 8.14. The Balaban J connectivity index is 1.53. The maximum atomic E-state index is 12.2. The Morgan fingerprint density at radius 2 is 2.04 bits per heavy atom. The number of piperidine rings is 1. The highest BCUT2D eigenvalue weighted by atomic mass is 16.2. The molecule has 0 bridgehead atoms. The standard InChI is InChI=1S/C19H25N5O2/c1-13-5-3-6-14(2)18(13)22-17(25)12-21-19(26)16-8-10-24(23-16)15-7-4-9-20-11-15/h3,5-6,8,10,15,20H,4,7,9,11-12H2,1-2H3,(H,21,26)(H,22,25). The van der Waals surface area contributed by atoms with E-state index in [1.165, 1.54) is 0 Å². The first kappa shape index (κ1) is 18.1. The number of nitrogens with zero attached hydrogens (tertiary/aromatic N) is 2. The molecule has 1 saturated heterocycles. The van der Waals surface area contributed by atoms with Gasteiger partial charge in [-0.25, -0.2) is 0 Å². The molecule has 2 aromatic rings. The van der Waals surface area contributed by atoms with Gasteiger partial charge in [-0.2, -0.15) is 5.10 Å². The van der Waals surface area contributed by atoms with Gasteiger partial charge in [0.2, 0.25) is 5.91 Å². The first-order chi connectivity index (χ1) is 12.5. The predicted octanol–water partition coefficient (Wildman–Crippen LogP) is 1.79. The Morgan fingerprint density at radius 1 is 1.27 bits per heavy atom. The van der Waals surface area contributed by atoms with E-state index in [0.29, 0.717) is 5.69 Å². The summed E-state index contributed by atoms with van der Waals surface area (Å²) in [7, 11) is 0. The molecule has 1 fully saturated rings. The van der Waals surface area contributed by atoms with E-state index >= 15 is 0 Å².